The predicted molar refractivity (Wildman–Crippen MR) is 98.9 cm³/mol. The lowest BCUT2D eigenvalue weighted by molar-refractivity contribution is -0.114. The van der Waals surface area contributed by atoms with Crippen LogP contribution >= 0.6 is 11.8 Å². The van der Waals surface area contributed by atoms with Crippen molar-refractivity contribution in [3.8, 4) is 0 Å². The van der Waals surface area contributed by atoms with Crippen LogP contribution in [0.2, 0.25) is 0 Å². The van der Waals surface area contributed by atoms with Gasteiger partial charge in [0.2, 0.25) is 5.91 Å². The lowest BCUT2D eigenvalue weighted by Gasteiger charge is -2.12. The first-order valence-corrected chi connectivity index (χ1v) is 9.62. The molecule has 5 nitrogen and oxygen atoms in total. The van der Waals surface area contributed by atoms with Crippen LogP contribution < -0.4 is 10.0 Å². The van der Waals surface area contributed by atoms with Gasteiger partial charge in [-0.25, -0.2) is 8.42 Å². The van der Waals surface area contributed by atoms with Gasteiger partial charge in [0.1, 0.15) is 0 Å². The van der Waals surface area contributed by atoms with Gasteiger partial charge in [-0.15, -0.1) is 18.3 Å². The summed E-state index contributed by atoms with van der Waals surface area (Å²) in [5.41, 5.74) is 1.07. The Kier molecular flexibility index (Phi) is 6.05. The molecule has 0 aliphatic carbocycles. The van der Waals surface area contributed by atoms with Crippen LogP contribution in [0.1, 0.15) is 6.92 Å². The van der Waals surface area contributed by atoms with E-state index in [1.165, 1.54) is 30.8 Å². The molecule has 0 spiro atoms. The molecule has 0 aromatic heterocycles. The number of carbonyl (C=O) groups excluding carboxylic acids is 1. The molecular weight excluding hydrogens is 344 g/mol. The van der Waals surface area contributed by atoms with E-state index >= 15 is 0 Å². The Bertz CT molecular complexity index is 831. The molecule has 0 heterocycles. The Hall–Kier alpha value is -2.25. The quantitative estimate of drug-likeness (QED) is 0.581. The first-order chi connectivity index (χ1) is 11.4. The highest BCUT2D eigenvalue weighted by atomic mass is 32.2. The third kappa shape index (κ3) is 4.87. The smallest absolute Gasteiger partial charge is 0.261 e. The fourth-order valence-corrected chi connectivity index (χ4v) is 3.84. The third-order valence-corrected chi connectivity index (χ3v) is 5.42. The second-order valence-electron chi connectivity index (χ2n) is 4.91. The van der Waals surface area contributed by atoms with E-state index in [1.54, 1.807) is 30.3 Å². The van der Waals surface area contributed by atoms with Crippen LogP contribution in [0.3, 0.4) is 0 Å². The van der Waals surface area contributed by atoms with E-state index in [1.807, 2.05) is 12.1 Å². The summed E-state index contributed by atoms with van der Waals surface area (Å²) in [5, 5.41) is 2.60. The van der Waals surface area contributed by atoms with Gasteiger partial charge in [-0.05, 0) is 36.4 Å². The number of carbonyl (C=O) groups is 1. The molecule has 0 radical (unpaired) electrons. The summed E-state index contributed by atoms with van der Waals surface area (Å²) in [6.07, 6.45) is 1.76. The Labute approximate surface area is 146 Å². The van der Waals surface area contributed by atoms with Crippen molar-refractivity contribution in [2.45, 2.75) is 16.7 Å². The standard InChI is InChI=1S/C17H18N2O3S2/c1-3-12-23-17-7-5-4-6-16(17)19-24(21,22)15-10-8-14(9-11-15)18-13(2)20/h3-11,19H,1,12H2,2H3,(H,18,20). The van der Waals surface area contributed by atoms with Gasteiger partial charge in [-0.1, -0.05) is 18.2 Å². The van der Waals surface area contributed by atoms with Crippen molar-refractivity contribution in [1.82, 2.24) is 0 Å². The van der Waals surface area contributed by atoms with E-state index in [0.717, 1.165) is 4.90 Å². The summed E-state index contributed by atoms with van der Waals surface area (Å²) in [5.74, 6) is 0.473. The van der Waals surface area contributed by atoms with E-state index in [9.17, 15) is 13.2 Å². The molecule has 2 aromatic rings. The van der Waals surface area contributed by atoms with Crippen molar-refractivity contribution < 1.29 is 13.2 Å². The third-order valence-electron chi connectivity index (χ3n) is 2.97. The molecule has 0 saturated heterocycles. The van der Waals surface area contributed by atoms with E-state index in [0.29, 0.717) is 17.1 Å². The minimum atomic E-state index is -3.71. The van der Waals surface area contributed by atoms with Crippen molar-refractivity contribution in [2.24, 2.45) is 0 Å². The topological polar surface area (TPSA) is 75.3 Å². The van der Waals surface area contributed by atoms with Crippen molar-refractivity contribution in [3.63, 3.8) is 0 Å². The molecule has 126 valence electrons. The van der Waals surface area contributed by atoms with Gasteiger partial charge < -0.3 is 5.32 Å². The largest absolute Gasteiger partial charge is 0.326 e. The fourth-order valence-electron chi connectivity index (χ4n) is 1.95. The second kappa shape index (κ2) is 8.03. The zero-order chi connectivity index (χ0) is 17.6. The van der Waals surface area contributed by atoms with Gasteiger partial charge in [-0.3, -0.25) is 9.52 Å². The van der Waals surface area contributed by atoms with Crippen LogP contribution in [0.4, 0.5) is 11.4 Å². The van der Waals surface area contributed by atoms with E-state index in [-0.39, 0.29) is 10.8 Å². The minimum Gasteiger partial charge on any atom is -0.326 e. The maximum Gasteiger partial charge on any atom is 0.261 e. The number of para-hydroxylation sites is 1. The van der Waals surface area contributed by atoms with Gasteiger partial charge in [0, 0.05) is 23.3 Å². The van der Waals surface area contributed by atoms with Crippen LogP contribution in [0, 0.1) is 0 Å². The van der Waals surface area contributed by atoms with Crippen LogP contribution in [0.25, 0.3) is 0 Å². The molecule has 2 N–H and O–H groups in total. The zero-order valence-corrected chi connectivity index (χ0v) is 14.8. The molecule has 24 heavy (non-hydrogen) atoms. The lowest BCUT2D eigenvalue weighted by atomic mass is 10.3. The maximum absolute atomic E-state index is 12.5. The number of anilines is 2. The Morgan fingerprint density at radius 3 is 2.46 bits per heavy atom. The number of amides is 1. The number of nitrogens with one attached hydrogen (secondary N) is 2. The summed E-state index contributed by atoms with van der Waals surface area (Å²) < 4.78 is 27.7. The summed E-state index contributed by atoms with van der Waals surface area (Å²) in [4.78, 5) is 12.0. The first kappa shape index (κ1) is 18.1. The summed E-state index contributed by atoms with van der Waals surface area (Å²) in [7, 11) is -3.71. The molecule has 0 fully saturated rings. The van der Waals surface area contributed by atoms with E-state index < -0.39 is 10.0 Å². The summed E-state index contributed by atoms with van der Waals surface area (Å²) in [6, 6.07) is 13.2. The fraction of sp³-hybridized carbons (Fsp3) is 0.118. The second-order valence-corrected chi connectivity index (χ2v) is 7.65. The van der Waals surface area contributed by atoms with E-state index in [4.69, 9.17) is 0 Å². The van der Waals surface area contributed by atoms with Crippen molar-refractivity contribution in [2.75, 3.05) is 15.8 Å². The SMILES string of the molecule is C=CCSc1ccccc1NS(=O)(=O)c1ccc(NC(C)=O)cc1. The minimum absolute atomic E-state index is 0.125. The van der Waals surface area contributed by atoms with Crippen LogP contribution in [0.15, 0.2) is 71.0 Å². The predicted octanol–water partition coefficient (Wildman–Crippen LogP) is 3.72. The molecule has 1 amide bonds. The first-order valence-electron chi connectivity index (χ1n) is 7.15. The average Bonchev–Trinajstić information content (AvgIpc) is 2.54. The van der Waals surface area contributed by atoms with Crippen molar-refractivity contribution in [1.29, 1.82) is 0 Å². The van der Waals surface area contributed by atoms with Crippen LogP contribution in [-0.4, -0.2) is 20.1 Å². The normalized spacial score (nSPS) is 10.9. The number of thioether (sulfide) groups is 1. The molecule has 0 aliphatic heterocycles. The van der Waals surface area contributed by atoms with Crippen LogP contribution in [-0.2, 0) is 14.8 Å². The maximum atomic E-state index is 12.5. The number of hydrogen-bond donors (Lipinski definition) is 2. The highest BCUT2D eigenvalue weighted by Gasteiger charge is 2.16. The summed E-state index contributed by atoms with van der Waals surface area (Å²) >= 11 is 1.50. The molecular formula is C17H18N2O3S2. The molecule has 0 atom stereocenters. The summed E-state index contributed by atoms with van der Waals surface area (Å²) in [6.45, 7) is 5.06. The number of sulfonamides is 1. The van der Waals surface area contributed by atoms with Gasteiger partial charge >= 0.3 is 0 Å². The Morgan fingerprint density at radius 2 is 1.83 bits per heavy atom. The van der Waals surface area contributed by atoms with Gasteiger partial charge in [0.05, 0.1) is 10.6 Å². The number of hydrogen-bond acceptors (Lipinski definition) is 4. The van der Waals surface area contributed by atoms with Crippen molar-refractivity contribution in [3.05, 3.63) is 61.2 Å². The monoisotopic (exact) mass is 362 g/mol. The van der Waals surface area contributed by atoms with E-state index in [2.05, 4.69) is 16.6 Å². The van der Waals surface area contributed by atoms with Crippen LogP contribution in [0.5, 0.6) is 0 Å². The van der Waals surface area contributed by atoms with Gasteiger partial charge in [0.15, 0.2) is 0 Å². The molecule has 2 aromatic carbocycles. The lowest BCUT2D eigenvalue weighted by Crippen LogP contribution is -2.14. The highest BCUT2D eigenvalue weighted by Crippen LogP contribution is 2.29. The number of benzene rings is 2. The molecule has 2 rings (SSSR count). The Balaban J connectivity index is 2.22. The van der Waals surface area contributed by atoms with Gasteiger partial charge in [0.25, 0.3) is 10.0 Å². The zero-order valence-electron chi connectivity index (χ0n) is 13.2. The average molecular weight is 362 g/mol. The van der Waals surface area contributed by atoms with Gasteiger partial charge in [-0.2, -0.15) is 0 Å². The number of rotatable bonds is 7. The molecule has 0 saturated carbocycles. The highest BCUT2D eigenvalue weighted by molar-refractivity contribution is 7.99. The molecule has 7 heteroatoms. The molecule has 0 unspecified atom stereocenters. The molecule has 0 bridgehead atoms. The van der Waals surface area contributed by atoms with Crippen molar-refractivity contribution >= 4 is 39.1 Å². The Morgan fingerprint density at radius 1 is 1.17 bits per heavy atom. The molecule has 0 aliphatic rings.